The maximum absolute atomic E-state index is 12.5. The Labute approximate surface area is 158 Å². The second-order valence-corrected chi connectivity index (χ2v) is 6.41. The van der Waals surface area contributed by atoms with Gasteiger partial charge in [-0.05, 0) is 49.2 Å². The lowest BCUT2D eigenvalue weighted by Gasteiger charge is -2.21. The molecule has 0 aliphatic carbocycles. The van der Waals surface area contributed by atoms with Gasteiger partial charge in [0.25, 0.3) is 5.91 Å². The van der Waals surface area contributed by atoms with E-state index >= 15 is 0 Å². The van der Waals surface area contributed by atoms with Crippen LogP contribution in [0.1, 0.15) is 30.5 Å². The third-order valence-corrected chi connectivity index (χ3v) is 4.11. The molecule has 0 radical (unpaired) electrons. The average Bonchev–Trinajstić information content (AvgIpc) is 2.61. The van der Waals surface area contributed by atoms with Crippen LogP contribution in [0.4, 0.5) is 0 Å². The highest BCUT2D eigenvalue weighted by atomic mass is 35.5. The van der Waals surface area contributed by atoms with Crippen LogP contribution < -0.4 is 10.1 Å². The number of ether oxygens (including phenoxy) is 2. The van der Waals surface area contributed by atoms with Crippen molar-refractivity contribution in [2.75, 3.05) is 7.11 Å². The summed E-state index contributed by atoms with van der Waals surface area (Å²) in [5.41, 5.74) is 1.80. The SMILES string of the molecule is COC(=O)CC(NC(=O)C(C)Oc1cccc(C)c1)c1ccc(Cl)cc1. The Bertz CT molecular complexity index is 761. The molecule has 0 spiro atoms. The molecule has 0 aliphatic heterocycles. The van der Waals surface area contributed by atoms with Gasteiger partial charge in [-0.2, -0.15) is 0 Å². The molecule has 0 aromatic heterocycles. The Morgan fingerprint density at radius 3 is 2.46 bits per heavy atom. The number of amides is 1. The number of halogens is 1. The summed E-state index contributed by atoms with van der Waals surface area (Å²) in [4.78, 5) is 24.3. The van der Waals surface area contributed by atoms with Gasteiger partial charge in [0.1, 0.15) is 5.75 Å². The van der Waals surface area contributed by atoms with Crippen molar-refractivity contribution in [1.82, 2.24) is 5.32 Å². The van der Waals surface area contributed by atoms with Crippen molar-refractivity contribution in [1.29, 1.82) is 0 Å². The summed E-state index contributed by atoms with van der Waals surface area (Å²) >= 11 is 5.91. The van der Waals surface area contributed by atoms with Gasteiger partial charge in [0.15, 0.2) is 6.10 Å². The minimum atomic E-state index is -0.718. The Kier molecular flexibility index (Phi) is 7.04. The number of benzene rings is 2. The Hall–Kier alpha value is -2.53. The molecule has 0 aliphatic rings. The van der Waals surface area contributed by atoms with Gasteiger partial charge >= 0.3 is 5.97 Å². The van der Waals surface area contributed by atoms with Crippen molar-refractivity contribution >= 4 is 23.5 Å². The van der Waals surface area contributed by atoms with Crippen LogP contribution in [0.2, 0.25) is 5.02 Å². The van der Waals surface area contributed by atoms with Crippen molar-refractivity contribution in [2.45, 2.75) is 32.4 Å². The van der Waals surface area contributed by atoms with Crippen LogP contribution in [0, 0.1) is 6.92 Å². The molecule has 0 saturated heterocycles. The van der Waals surface area contributed by atoms with Crippen LogP contribution >= 0.6 is 11.6 Å². The molecule has 6 heteroatoms. The zero-order chi connectivity index (χ0) is 19.1. The van der Waals surface area contributed by atoms with Gasteiger partial charge < -0.3 is 14.8 Å². The standard InChI is InChI=1S/C20H22ClNO4/c1-13-5-4-6-17(11-13)26-14(2)20(24)22-18(12-19(23)25-3)15-7-9-16(21)10-8-15/h4-11,14,18H,12H2,1-3H3,(H,22,24). The molecule has 0 bridgehead atoms. The van der Waals surface area contributed by atoms with E-state index in [1.54, 1.807) is 37.3 Å². The van der Waals surface area contributed by atoms with E-state index in [1.165, 1.54) is 7.11 Å². The first kappa shape index (κ1) is 19.8. The predicted octanol–water partition coefficient (Wildman–Crippen LogP) is 3.84. The zero-order valence-electron chi connectivity index (χ0n) is 15.0. The summed E-state index contributed by atoms with van der Waals surface area (Å²) in [6.07, 6.45) is -0.703. The first-order chi connectivity index (χ1) is 12.4. The fourth-order valence-corrected chi connectivity index (χ4v) is 2.56. The van der Waals surface area contributed by atoms with Crippen LogP contribution in [0.15, 0.2) is 48.5 Å². The number of carbonyl (C=O) groups is 2. The average molecular weight is 376 g/mol. The number of methoxy groups -OCH3 is 1. The summed E-state index contributed by atoms with van der Waals surface area (Å²) in [5.74, 6) is -0.128. The number of hydrogen-bond acceptors (Lipinski definition) is 4. The molecular formula is C20H22ClNO4. The molecule has 0 heterocycles. The number of rotatable bonds is 7. The summed E-state index contributed by atoms with van der Waals surface area (Å²) in [7, 11) is 1.31. The molecule has 1 N–H and O–H groups in total. The number of esters is 1. The van der Waals surface area contributed by atoms with Gasteiger partial charge in [0, 0.05) is 5.02 Å². The van der Waals surface area contributed by atoms with E-state index in [9.17, 15) is 9.59 Å². The molecular weight excluding hydrogens is 354 g/mol. The zero-order valence-corrected chi connectivity index (χ0v) is 15.7. The van der Waals surface area contributed by atoms with Gasteiger partial charge in [-0.15, -0.1) is 0 Å². The summed E-state index contributed by atoms with van der Waals surface area (Å²) in [5, 5.41) is 3.42. The quantitative estimate of drug-likeness (QED) is 0.747. The van der Waals surface area contributed by atoms with Crippen LogP contribution in [-0.4, -0.2) is 25.1 Å². The minimum absolute atomic E-state index is 0.0149. The van der Waals surface area contributed by atoms with Crippen LogP contribution in [0.5, 0.6) is 5.75 Å². The van der Waals surface area contributed by atoms with E-state index < -0.39 is 18.1 Å². The van der Waals surface area contributed by atoms with E-state index in [0.29, 0.717) is 10.8 Å². The maximum atomic E-state index is 12.5. The molecule has 0 saturated carbocycles. The maximum Gasteiger partial charge on any atom is 0.307 e. The van der Waals surface area contributed by atoms with Crippen molar-refractivity contribution < 1.29 is 19.1 Å². The molecule has 138 valence electrons. The van der Waals surface area contributed by atoms with Gasteiger partial charge in [-0.1, -0.05) is 35.9 Å². The highest BCUT2D eigenvalue weighted by molar-refractivity contribution is 6.30. The first-order valence-electron chi connectivity index (χ1n) is 8.25. The largest absolute Gasteiger partial charge is 0.481 e. The van der Waals surface area contributed by atoms with Gasteiger partial charge in [-0.3, -0.25) is 9.59 Å². The topological polar surface area (TPSA) is 64.6 Å². The molecule has 2 aromatic carbocycles. The highest BCUT2D eigenvalue weighted by Gasteiger charge is 2.23. The van der Waals surface area contributed by atoms with E-state index in [0.717, 1.165) is 11.1 Å². The number of carbonyl (C=O) groups excluding carboxylic acids is 2. The van der Waals surface area contributed by atoms with E-state index in [2.05, 4.69) is 5.32 Å². The molecule has 2 rings (SSSR count). The molecule has 26 heavy (non-hydrogen) atoms. The van der Waals surface area contributed by atoms with Gasteiger partial charge in [0.2, 0.25) is 0 Å². The van der Waals surface area contributed by atoms with Crippen molar-refractivity contribution in [3.8, 4) is 5.75 Å². The van der Waals surface area contributed by atoms with Crippen molar-refractivity contribution in [2.24, 2.45) is 0 Å². The number of aryl methyl sites for hydroxylation is 1. The number of hydrogen-bond donors (Lipinski definition) is 1. The summed E-state index contributed by atoms with van der Waals surface area (Å²) in [6.45, 7) is 3.61. The third-order valence-electron chi connectivity index (χ3n) is 3.86. The summed E-state index contributed by atoms with van der Waals surface area (Å²) in [6, 6.07) is 13.9. The van der Waals surface area contributed by atoms with Gasteiger partial charge in [0.05, 0.1) is 19.6 Å². The Morgan fingerprint density at radius 1 is 1.15 bits per heavy atom. The van der Waals surface area contributed by atoms with Crippen LogP contribution in [-0.2, 0) is 14.3 Å². The molecule has 2 unspecified atom stereocenters. The molecule has 0 fully saturated rings. The van der Waals surface area contributed by atoms with Crippen molar-refractivity contribution in [3.63, 3.8) is 0 Å². The Morgan fingerprint density at radius 2 is 1.85 bits per heavy atom. The fourth-order valence-electron chi connectivity index (χ4n) is 2.43. The lowest BCUT2D eigenvalue weighted by molar-refractivity contribution is -0.141. The smallest absolute Gasteiger partial charge is 0.307 e. The summed E-state index contributed by atoms with van der Waals surface area (Å²) < 4.78 is 10.4. The molecule has 5 nitrogen and oxygen atoms in total. The minimum Gasteiger partial charge on any atom is -0.481 e. The first-order valence-corrected chi connectivity index (χ1v) is 8.63. The second-order valence-electron chi connectivity index (χ2n) is 5.97. The number of nitrogens with one attached hydrogen (secondary N) is 1. The lowest BCUT2D eigenvalue weighted by atomic mass is 10.0. The highest BCUT2D eigenvalue weighted by Crippen LogP contribution is 2.21. The molecule has 2 aromatic rings. The van der Waals surface area contributed by atoms with Crippen molar-refractivity contribution in [3.05, 3.63) is 64.7 Å². The van der Waals surface area contributed by atoms with Crippen LogP contribution in [0.25, 0.3) is 0 Å². The molecule has 2 atom stereocenters. The normalized spacial score (nSPS) is 12.8. The fraction of sp³-hybridized carbons (Fsp3) is 0.300. The van der Waals surface area contributed by atoms with E-state index in [-0.39, 0.29) is 12.3 Å². The second kappa shape index (κ2) is 9.25. The monoisotopic (exact) mass is 375 g/mol. The predicted molar refractivity (Wildman–Crippen MR) is 100 cm³/mol. The van der Waals surface area contributed by atoms with Crippen LogP contribution in [0.3, 0.4) is 0 Å². The third kappa shape index (κ3) is 5.77. The van der Waals surface area contributed by atoms with E-state index in [4.69, 9.17) is 21.1 Å². The lowest BCUT2D eigenvalue weighted by Crippen LogP contribution is -2.39. The van der Waals surface area contributed by atoms with Gasteiger partial charge in [-0.25, -0.2) is 0 Å². The Balaban J connectivity index is 2.09. The molecule has 1 amide bonds. The van der Waals surface area contributed by atoms with E-state index in [1.807, 2.05) is 25.1 Å².